The Hall–Kier alpha value is -2.01. The summed E-state index contributed by atoms with van der Waals surface area (Å²) in [4.78, 5) is 0. The maximum Gasteiger partial charge on any atom is 0.231 e. The van der Waals surface area contributed by atoms with Crippen LogP contribution in [0.25, 0.3) is 11.1 Å². The van der Waals surface area contributed by atoms with Crippen LogP contribution in [0.15, 0.2) is 24.4 Å². The van der Waals surface area contributed by atoms with E-state index in [0.29, 0.717) is 6.79 Å². The molecule has 1 N–H and O–H groups in total. The minimum atomic E-state index is 0.304. The molecule has 3 rings (SSSR count). The second-order valence-electron chi connectivity index (χ2n) is 4.55. The summed E-state index contributed by atoms with van der Waals surface area (Å²) in [5, 5.41) is 7.52. The van der Waals surface area contributed by atoms with Crippen LogP contribution in [0.3, 0.4) is 0 Å². The molecule has 0 saturated carbocycles. The van der Waals surface area contributed by atoms with Crippen molar-refractivity contribution in [2.45, 2.75) is 6.42 Å². The van der Waals surface area contributed by atoms with E-state index in [4.69, 9.17) is 9.47 Å². The number of nitrogens with zero attached hydrogens (tertiary/aromatic N) is 2. The van der Waals surface area contributed by atoms with Gasteiger partial charge in [-0.05, 0) is 24.7 Å². The maximum absolute atomic E-state index is 5.43. The number of benzene rings is 1. The Morgan fingerprint density at radius 2 is 2.16 bits per heavy atom. The van der Waals surface area contributed by atoms with E-state index in [1.165, 1.54) is 5.69 Å². The summed E-state index contributed by atoms with van der Waals surface area (Å²) >= 11 is 0. The lowest BCUT2D eigenvalue weighted by atomic mass is 10.0. The Morgan fingerprint density at radius 1 is 1.32 bits per heavy atom. The quantitative estimate of drug-likeness (QED) is 0.905. The fourth-order valence-corrected chi connectivity index (χ4v) is 2.31. The fourth-order valence-electron chi connectivity index (χ4n) is 2.31. The van der Waals surface area contributed by atoms with Crippen LogP contribution in [0.2, 0.25) is 0 Å². The highest BCUT2D eigenvalue weighted by molar-refractivity contribution is 5.69. The third-order valence-corrected chi connectivity index (χ3v) is 3.36. The molecule has 2 aromatic rings. The Kier molecular flexibility index (Phi) is 3.13. The van der Waals surface area contributed by atoms with Crippen molar-refractivity contribution in [1.82, 2.24) is 15.1 Å². The molecule has 2 heterocycles. The number of aromatic nitrogens is 2. The van der Waals surface area contributed by atoms with E-state index in [1.807, 2.05) is 43.2 Å². The van der Waals surface area contributed by atoms with Crippen molar-refractivity contribution in [3.63, 3.8) is 0 Å². The van der Waals surface area contributed by atoms with Crippen LogP contribution in [0.5, 0.6) is 11.5 Å². The Bertz CT molecular complexity index is 592. The second kappa shape index (κ2) is 4.93. The van der Waals surface area contributed by atoms with Gasteiger partial charge in [0.2, 0.25) is 6.79 Å². The molecule has 1 aliphatic heterocycles. The monoisotopic (exact) mass is 259 g/mol. The molecule has 1 aromatic heterocycles. The smallest absolute Gasteiger partial charge is 0.231 e. The van der Waals surface area contributed by atoms with Gasteiger partial charge in [-0.25, -0.2) is 0 Å². The van der Waals surface area contributed by atoms with E-state index in [0.717, 1.165) is 35.6 Å². The van der Waals surface area contributed by atoms with Crippen molar-refractivity contribution < 1.29 is 9.47 Å². The largest absolute Gasteiger partial charge is 0.454 e. The zero-order valence-electron chi connectivity index (χ0n) is 11.1. The molecular weight excluding hydrogens is 242 g/mol. The topological polar surface area (TPSA) is 48.3 Å². The molecule has 0 saturated heterocycles. The molecule has 5 nitrogen and oxygen atoms in total. The highest BCUT2D eigenvalue weighted by atomic mass is 16.7. The number of fused-ring (bicyclic) bond motifs is 1. The van der Waals surface area contributed by atoms with Gasteiger partial charge < -0.3 is 14.8 Å². The zero-order chi connectivity index (χ0) is 13.2. The predicted molar refractivity (Wildman–Crippen MR) is 72.4 cm³/mol. The molecule has 0 amide bonds. The number of nitrogens with one attached hydrogen (secondary N) is 1. The molecule has 5 heteroatoms. The molecule has 0 aliphatic carbocycles. The van der Waals surface area contributed by atoms with Crippen LogP contribution in [0, 0.1) is 0 Å². The van der Waals surface area contributed by atoms with Gasteiger partial charge in [0, 0.05) is 31.3 Å². The van der Waals surface area contributed by atoms with Crippen molar-refractivity contribution in [2.24, 2.45) is 7.05 Å². The number of aryl methyl sites for hydroxylation is 1. The average molecular weight is 259 g/mol. The minimum Gasteiger partial charge on any atom is -0.454 e. The molecule has 1 aromatic carbocycles. The van der Waals surface area contributed by atoms with Crippen LogP contribution >= 0.6 is 0 Å². The van der Waals surface area contributed by atoms with E-state index in [1.54, 1.807) is 0 Å². The maximum atomic E-state index is 5.43. The number of rotatable bonds is 4. The lowest BCUT2D eigenvalue weighted by Gasteiger charge is -2.07. The molecule has 100 valence electrons. The first-order valence-electron chi connectivity index (χ1n) is 6.35. The van der Waals surface area contributed by atoms with Gasteiger partial charge in [0.15, 0.2) is 11.5 Å². The Morgan fingerprint density at radius 3 is 3.00 bits per heavy atom. The highest BCUT2D eigenvalue weighted by Gasteiger charge is 2.16. The normalized spacial score (nSPS) is 12.9. The summed E-state index contributed by atoms with van der Waals surface area (Å²) < 4.78 is 12.7. The third kappa shape index (κ3) is 2.17. The van der Waals surface area contributed by atoms with Gasteiger partial charge in [-0.1, -0.05) is 6.07 Å². The highest BCUT2D eigenvalue weighted by Crippen LogP contribution is 2.36. The summed E-state index contributed by atoms with van der Waals surface area (Å²) in [6.45, 7) is 1.23. The number of hydrogen-bond donors (Lipinski definition) is 1. The molecule has 0 radical (unpaired) electrons. The van der Waals surface area contributed by atoms with Crippen LogP contribution < -0.4 is 14.8 Å². The third-order valence-electron chi connectivity index (χ3n) is 3.36. The molecule has 1 aliphatic rings. The molecular formula is C14H17N3O2. The van der Waals surface area contributed by atoms with Gasteiger partial charge in [-0.3, -0.25) is 4.68 Å². The van der Waals surface area contributed by atoms with Gasteiger partial charge in [0.05, 0.1) is 6.20 Å². The summed E-state index contributed by atoms with van der Waals surface area (Å²) in [7, 11) is 3.93. The fraction of sp³-hybridized carbons (Fsp3) is 0.357. The summed E-state index contributed by atoms with van der Waals surface area (Å²) in [6, 6.07) is 6.02. The molecule has 0 bridgehead atoms. The van der Waals surface area contributed by atoms with Crippen LogP contribution in [0.4, 0.5) is 0 Å². The minimum absolute atomic E-state index is 0.304. The molecule has 0 fully saturated rings. The van der Waals surface area contributed by atoms with Crippen LogP contribution in [-0.2, 0) is 13.5 Å². The van der Waals surface area contributed by atoms with Crippen molar-refractivity contribution in [2.75, 3.05) is 20.4 Å². The van der Waals surface area contributed by atoms with E-state index >= 15 is 0 Å². The summed E-state index contributed by atoms with van der Waals surface area (Å²) in [6.07, 6.45) is 2.85. The SMILES string of the molecule is CNCCc1c(-c2ccc3c(c2)OCO3)cnn1C. The van der Waals surface area contributed by atoms with Gasteiger partial charge >= 0.3 is 0 Å². The number of ether oxygens (including phenoxy) is 2. The number of hydrogen-bond acceptors (Lipinski definition) is 4. The first-order chi connectivity index (χ1) is 9.29. The van der Waals surface area contributed by atoms with E-state index < -0.39 is 0 Å². The first kappa shape index (κ1) is 12.0. The van der Waals surface area contributed by atoms with Gasteiger partial charge in [-0.15, -0.1) is 0 Å². The second-order valence-corrected chi connectivity index (χ2v) is 4.55. The predicted octanol–water partition coefficient (Wildman–Crippen LogP) is 1.58. The van der Waals surface area contributed by atoms with Crippen LogP contribution in [0.1, 0.15) is 5.69 Å². The van der Waals surface area contributed by atoms with E-state index in [2.05, 4.69) is 10.4 Å². The lowest BCUT2D eigenvalue weighted by Crippen LogP contribution is -2.13. The average Bonchev–Trinajstić information content (AvgIpc) is 3.02. The molecule has 0 unspecified atom stereocenters. The van der Waals surface area contributed by atoms with Gasteiger partial charge in [-0.2, -0.15) is 5.10 Å². The molecule has 0 atom stereocenters. The zero-order valence-corrected chi connectivity index (χ0v) is 11.1. The molecule has 19 heavy (non-hydrogen) atoms. The van der Waals surface area contributed by atoms with Crippen molar-refractivity contribution in [3.05, 3.63) is 30.1 Å². The van der Waals surface area contributed by atoms with Crippen LogP contribution in [-0.4, -0.2) is 30.2 Å². The summed E-state index contributed by atoms with van der Waals surface area (Å²) in [5.41, 5.74) is 3.48. The van der Waals surface area contributed by atoms with Gasteiger partial charge in [0.25, 0.3) is 0 Å². The van der Waals surface area contributed by atoms with Crippen molar-refractivity contribution >= 4 is 0 Å². The number of likely N-dealkylation sites (N-methyl/N-ethyl adjacent to an activating group) is 1. The lowest BCUT2D eigenvalue weighted by molar-refractivity contribution is 0.174. The Balaban J connectivity index is 1.97. The standard InChI is InChI=1S/C14H17N3O2/c1-15-6-5-12-11(8-16-17(12)2)10-3-4-13-14(7-10)19-9-18-13/h3-4,7-8,15H,5-6,9H2,1-2H3. The summed E-state index contributed by atoms with van der Waals surface area (Å²) in [5.74, 6) is 1.62. The first-order valence-corrected chi connectivity index (χ1v) is 6.35. The Labute approximate surface area is 112 Å². The molecule has 0 spiro atoms. The van der Waals surface area contributed by atoms with E-state index in [-0.39, 0.29) is 0 Å². The van der Waals surface area contributed by atoms with Crippen molar-refractivity contribution in [1.29, 1.82) is 0 Å². The van der Waals surface area contributed by atoms with Crippen molar-refractivity contribution in [3.8, 4) is 22.6 Å². The van der Waals surface area contributed by atoms with Gasteiger partial charge in [0.1, 0.15) is 0 Å². The van der Waals surface area contributed by atoms with E-state index in [9.17, 15) is 0 Å².